The van der Waals surface area contributed by atoms with Gasteiger partial charge in [-0.25, -0.2) is 4.39 Å². The Hall–Kier alpha value is -1.62. The van der Waals surface area contributed by atoms with Crippen LogP contribution >= 0.6 is 0 Å². The van der Waals surface area contributed by atoms with Gasteiger partial charge >= 0.3 is 5.97 Å². The Morgan fingerprint density at radius 1 is 1.25 bits per heavy atom. The lowest BCUT2D eigenvalue weighted by Crippen LogP contribution is -2.32. The van der Waals surface area contributed by atoms with Crippen LogP contribution in [-0.4, -0.2) is 44.2 Å². The molecule has 0 saturated heterocycles. The van der Waals surface area contributed by atoms with Gasteiger partial charge in [-0.15, -0.1) is 0 Å². The van der Waals surface area contributed by atoms with Crippen LogP contribution in [0, 0.1) is 5.82 Å². The van der Waals surface area contributed by atoms with E-state index in [1.807, 2.05) is 4.90 Å². The molecule has 0 saturated carbocycles. The van der Waals surface area contributed by atoms with Gasteiger partial charge < -0.3 is 9.47 Å². The molecule has 1 rings (SSSR count). The maximum absolute atomic E-state index is 12.7. The molecule has 4 nitrogen and oxygen atoms in total. The van der Waals surface area contributed by atoms with E-state index < -0.39 is 0 Å². The van der Waals surface area contributed by atoms with Crippen LogP contribution in [0.2, 0.25) is 0 Å². The number of hydrogen-bond donors (Lipinski definition) is 0. The van der Waals surface area contributed by atoms with Gasteiger partial charge in [0.15, 0.2) is 0 Å². The summed E-state index contributed by atoms with van der Waals surface area (Å²) < 4.78 is 22.9. The van der Waals surface area contributed by atoms with Gasteiger partial charge in [-0.2, -0.15) is 0 Å². The summed E-state index contributed by atoms with van der Waals surface area (Å²) >= 11 is 0. The molecule has 0 fully saturated rings. The molecule has 0 aliphatic carbocycles. The number of hydrogen-bond acceptors (Lipinski definition) is 4. The number of carbonyl (C=O) groups is 1. The summed E-state index contributed by atoms with van der Waals surface area (Å²) in [5.41, 5.74) is 0. The Kier molecular flexibility index (Phi) is 7.65. The van der Waals surface area contributed by atoms with Gasteiger partial charge in [0.05, 0.1) is 20.3 Å². The topological polar surface area (TPSA) is 38.8 Å². The van der Waals surface area contributed by atoms with E-state index in [1.54, 1.807) is 12.1 Å². The maximum atomic E-state index is 12.7. The van der Waals surface area contributed by atoms with E-state index in [-0.39, 0.29) is 11.8 Å². The molecule has 0 heterocycles. The largest absolute Gasteiger partial charge is 0.494 e. The first kappa shape index (κ1) is 16.4. The lowest BCUT2D eigenvalue weighted by Gasteiger charge is -2.20. The third-order valence-electron chi connectivity index (χ3n) is 2.82. The molecule has 0 aromatic heterocycles. The lowest BCUT2D eigenvalue weighted by atomic mass is 10.3. The van der Waals surface area contributed by atoms with Crippen LogP contribution in [0.3, 0.4) is 0 Å². The van der Waals surface area contributed by atoms with E-state index in [4.69, 9.17) is 4.74 Å². The summed E-state index contributed by atoms with van der Waals surface area (Å²) in [6.07, 6.45) is 1.78. The van der Waals surface area contributed by atoms with Gasteiger partial charge in [0.25, 0.3) is 0 Å². The van der Waals surface area contributed by atoms with Crippen LogP contribution in [0.15, 0.2) is 24.3 Å². The fourth-order valence-corrected chi connectivity index (χ4v) is 1.84. The molecule has 0 atom stereocenters. The molecule has 0 aliphatic heterocycles. The zero-order valence-electron chi connectivity index (χ0n) is 12.1. The second kappa shape index (κ2) is 9.31. The number of methoxy groups -OCH3 is 1. The van der Waals surface area contributed by atoms with Crippen molar-refractivity contribution in [2.75, 3.05) is 33.4 Å². The van der Waals surface area contributed by atoms with Gasteiger partial charge in [0.1, 0.15) is 11.6 Å². The molecule has 0 N–H and O–H groups in total. The monoisotopic (exact) mass is 283 g/mol. The lowest BCUT2D eigenvalue weighted by molar-refractivity contribution is -0.141. The minimum atomic E-state index is -0.274. The first-order valence-corrected chi connectivity index (χ1v) is 6.83. The smallest absolute Gasteiger partial charge is 0.319 e. The van der Waals surface area contributed by atoms with Crippen LogP contribution in [0.1, 0.15) is 19.8 Å². The molecule has 5 heteroatoms. The molecular weight excluding hydrogens is 261 g/mol. The third-order valence-corrected chi connectivity index (χ3v) is 2.82. The molecule has 0 unspecified atom stereocenters. The maximum Gasteiger partial charge on any atom is 0.319 e. The molecule has 0 bridgehead atoms. The van der Waals surface area contributed by atoms with Crippen molar-refractivity contribution < 1.29 is 18.7 Å². The van der Waals surface area contributed by atoms with Gasteiger partial charge in [0, 0.05) is 6.54 Å². The quantitative estimate of drug-likeness (QED) is 0.515. The Morgan fingerprint density at radius 2 is 1.95 bits per heavy atom. The van der Waals surface area contributed by atoms with Crippen molar-refractivity contribution in [2.45, 2.75) is 19.8 Å². The Morgan fingerprint density at radius 3 is 2.55 bits per heavy atom. The number of carbonyl (C=O) groups excluding carboxylic acids is 1. The predicted octanol–water partition coefficient (Wildman–Crippen LogP) is 2.48. The molecule has 0 amide bonds. The number of halogens is 1. The fourth-order valence-electron chi connectivity index (χ4n) is 1.84. The molecule has 0 spiro atoms. The predicted molar refractivity (Wildman–Crippen MR) is 75.3 cm³/mol. The van der Waals surface area contributed by atoms with Crippen molar-refractivity contribution in [3.8, 4) is 5.75 Å². The second-order valence-electron chi connectivity index (χ2n) is 4.51. The van der Waals surface area contributed by atoms with E-state index >= 15 is 0 Å². The summed E-state index contributed by atoms with van der Waals surface area (Å²) in [4.78, 5) is 13.3. The van der Waals surface area contributed by atoms with E-state index in [2.05, 4.69) is 11.7 Å². The highest BCUT2D eigenvalue weighted by Crippen LogP contribution is 2.11. The van der Waals surface area contributed by atoms with Crippen LogP contribution in [0.4, 0.5) is 4.39 Å². The molecule has 1 aromatic rings. The summed E-state index contributed by atoms with van der Waals surface area (Å²) in [6.45, 7) is 4.53. The molecular formula is C15H22FNO3. The number of esters is 1. The first-order chi connectivity index (χ1) is 9.65. The molecule has 20 heavy (non-hydrogen) atoms. The number of benzene rings is 1. The second-order valence-corrected chi connectivity index (χ2v) is 4.51. The minimum Gasteiger partial charge on any atom is -0.494 e. The van der Waals surface area contributed by atoms with Crippen LogP contribution in [-0.2, 0) is 9.53 Å². The van der Waals surface area contributed by atoms with E-state index in [0.717, 1.165) is 25.9 Å². The summed E-state index contributed by atoms with van der Waals surface area (Å²) in [7, 11) is 1.39. The molecule has 0 aliphatic rings. The molecule has 112 valence electrons. The zero-order chi connectivity index (χ0) is 14.8. The standard InChI is InChI=1S/C15H22FNO3/c1-3-9-17(12-15(18)19-2)10-4-11-20-14-7-5-13(16)6-8-14/h5-8H,3-4,9-12H2,1-2H3. The summed E-state index contributed by atoms with van der Waals surface area (Å²) in [5, 5.41) is 0. The fraction of sp³-hybridized carbons (Fsp3) is 0.533. The molecule has 0 radical (unpaired) electrons. The van der Waals surface area contributed by atoms with E-state index in [0.29, 0.717) is 18.9 Å². The van der Waals surface area contributed by atoms with Gasteiger partial charge in [-0.05, 0) is 43.7 Å². The van der Waals surface area contributed by atoms with Gasteiger partial charge in [-0.1, -0.05) is 6.92 Å². The summed E-state index contributed by atoms with van der Waals surface area (Å²) in [6, 6.07) is 5.95. The zero-order valence-corrected chi connectivity index (χ0v) is 12.1. The molecule has 1 aromatic carbocycles. The highest BCUT2D eigenvalue weighted by molar-refractivity contribution is 5.71. The van der Waals surface area contributed by atoms with Gasteiger partial charge in [0.2, 0.25) is 0 Å². The minimum absolute atomic E-state index is 0.224. The average Bonchev–Trinajstić information content (AvgIpc) is 2.45. The van der Waals surface area contributed by atoms with Crippen molar-refractivity contribution in [1.82, 2.24) is 4.90 Å². The van der Waals surface area contributed by atoms with Crippen molar-refractivity contribution in [1.29, 1.82) is 0 Å². The van der Waals surface area contributed by atoms with Crippen molar-refractivity contribution in [3.05, 3.63) is 30.1 Å². The van der Waals surface area contributed by atoms with Gasteiger partial charge in [-0.3, -0.25) is 9.69 Å². The number of rotatable bonds is 9. The normalized spacial score (nSPS) is 10.6. The average molecular weight is 283 g/mol. The van der Waals surface area contributed by atoms with E-state index in [9.17, 15) is 9.18 Å². The Balaban J connectivity index is 2.26. The highest BCUT2D eigenvalue weighted by Gasteiger charge is 2.09. The van der Waals surface area contributed by atoms with E-state index in [1.165, 1.54) is 19.2 Å². The van der Waals surface area contributed by atoms with Crippen molar-refractivity contribution >= 4 is 5.97 Å². The van der Waals surface area contributed by atoms with Crippen molar-refractivity contribution in [3.63, 3.8) is 0 Å². The highest BCUT2D eigenvalue weighted by atomic mass is 19.1. The third kappa shape index (κ3) is 6.52. The first-order valence-electron chi connectivity index (χ1n) is 6.83. The summed E-state index contributed by atoms with van der Waals surface area (Å²) in [5.74, 6) is 0.156. The van der Waals surface area contributed by atoms with Crippen LogP contribution in [0.5, 0.6) is 5.75 Å². The van der Waals surface area contributed by atoms with Crippen LogP contribution < -0.4 is 4.74 Å². The number of ether oxygens (including phenoxy) is 2. The Bertz CT molecular complexity index is 395. The SMILES string of the molecule is CCCN(CCCOc1ccc(F)cc1)CC(=O)OC. The Labute approximate surface area is 119 Å². The van der Waals surface area contributed by atoms with Crippen molar-refractivity contribution in [2.24, 2.45) is 0 Å². The number of nitrogens with zero attached hydrogens (tertiary/aromatic N) is 1. The van der Waals surface area contributed by atoms with Crippen LogP contribution in [0.25, 0.3) is 0 Å².